The van der Waals surface area contributed by atoms with E-state index in [9.17, 15) is 14.3 Å². The Bertz CT molecular complexity index is 1270. The van der Waals surface area contributed by atoms with Crippen LogP contribution in [-0.4, -0.2) is 50.0 Å². The summed E-state index contributed by atoms with van der Waals surface area (Å²) in [6.45, 7) is 2.82. The number of likely N-dealkylation sites (tertiary alicyclic amines) is 1. The van der Waals surface area contributed by atoms with Crippen molar-refractivity contribution in [3.8, 4) is 0 Å². The molecule has 1 amide bonds. The molecule has 0 bridgehead atoms. The number of rotatable bonds is 7. The van der Waals surface area contributed by atoms with Crippen LogP contribution in [0.3, 0.4) is 0 Å². The van der Waals surface area contributed by atoms with Crippen molar-refractivity contribution >= 4 is 33.4 Å². The minimum atomic E-state index is -0.956. The Kier molecular flexibility index (Phi) is 5.75. The predicted octanol–water partition coefficient (Wildman–Crippen LogP) is 3.10. The molecular weight excluding hydrogens is 447 g/mol. The number of hydrogen-bond acceptors (Lipinski definition) is 9. The molecule has 1 fully saturated rings. The fourth-order valence-corrected chi connectivity index (χ4v) is 4.55. The fourth-order valence-electron chi connectivity index (χ4n) is 3.71. The number of anilines is 1. The Labute approximate surface area is 192 Å². The molecular formula is C22H21FN6O3S. The van der Waals surface area contributed by atoms with Gasteiger partial charge >= 0.3 is 0 Å². The largest absolute Gasteiger partial charge is 0.472 e. The van der Waals surface area contributed by atoms with Crippen LogP contribution in [0.25, 0.3) is 10.2 Å². The van der Waals surface area contributed by atoms with Gasteiger partial charge in [0.25, 0.3) is 5.91 Å². The normalized spacial score (nSPS) is 16.3. The molecule has 4 aromatic heterocycles. The molecule has 2 atom stereocenters. The lowest BCUT2D eigenvalue weighted by Crippen LogP contribution is -2.60. The molecule has 2 unspecified atom stereocenters. The van der Waals surface area contributed by atoms with Crippen LogP contribution in [0.2, 0.25) is 0 Å². The van der Waals surface area contributed by atoms with Crippen molar-refractivity contribution in [2.45, 2.75) is 25.2 Å². The average molecular weight is 469 g/mol. The van der Waals surface area contributed by atoms with Crippen LogP contribution in [0.1, 0.15) is 40.8 Å². The molecule has 1 aliphatic rings. The highest BCUT2D eigenvalue weighted by Crippen LogP contribution is 2.32. The highest BCUT2D eigenvalue weighted by Gasteiger charge is 2.35. The summed E-state index contributed by atoms with van der Waals surface area (Å²) in [6, 6.07) is 4.50. The number of nitrogens with one attached hydrogen (secondary N) is 2. The molecule has 5 rings (SSSR count). The minimum Gasteiger partial charge on any atom is -0.472 e. The topological polar surface area (TPSA) is 116 Å². The van der Waals surface area contributed by atoms with E-state index < -0.39 is 12.0 Å². The minimum absolute atomic E-state index is 0.0826. The molecule has 0 aromatic carbocycles. The highest BCUT2D eigenvalue weighted by molar-refractivity contribution is 7.17. The summed E-state index contributed by atoms with van der Waals surface area (Å²) in [5, 5.41) is 19.0. The Morgan fingerprint density at radius 1 is 1.33 bits per heavy atom. The summed E-state index contributed by atoms with van der Waals surface area (Å²) in [4.78, 5) is 27.0. The van der Waals surface area contributed by atoms with Gasteiger partial charge in [0, 0.05) is 19.3 Å². The molecule has 33 heavy (non-hydrogen) atoms. The third-order valence-electron chi connectivity index (χ3n) is 5.52. The summed E-state index contributed by atoms with van der Waals surface area (Å²) in [7, 11) is 0. The molecule has 0 saturated carbocycles. The summed E-state index contributed by atoms with van der Waals surface area (Å²) >= 11 is 1.45. The van der Waals surface area contributed by atoms with Gasteiger partial charge in [-0.1, -0.05) is 0 Å². The number of thiophene rings is 1. The molecule has 4 aromatic rings. The first-order valence-electron chi connectivity index (χ1n) is 10.3. The van der Waals surface area contributed by atoms with E-state index in [-0.39, 0.29) is 18.0 Å². The van der Waals surface area contributed by atoms with E-state index in [2.05, 4.69) is 25.6 Å². The maximum Gasteiger partial charge on any atom is 0.254 e. The first kappa shape index (κ1) is 21.4. The molecule has 3 N–H and O–H groups in total. The Hall–Kier alpha value is -3.41. The van der Waals surface area contributed by atoms with Crippen molar-refractivity contribution in [2.24, 2.45) is 0 Å². The quantitative estimate of drug-likeness (QED) is 0.379. The number of hydrogen-bond donors (Lipinski definition) is 3. The number of aliphatic hydroxyl groups is 1. The van der Waals surface area contributed by atoms with E-state index in [1.54, 1.807) is 12.3 Å². The van der Waals surface area contributed by atoms with Crippen LogP contribution < -0.4 is 10.6 Å². The maximum atomic E-state index is 13.5. The van der Waals surface area contributed by atoms with Gasteiger partial charge in [-0.25, -0.2) is 14.4 Å². The monoisotopic (exact) mass is 468 g/mol. The zero-order valence-corrected chi connectivity index (χ0v) is 18.4. The number of fused-ring (bicyclic) bond motifs is 1. The van der Waals surface area contributed by atoms with E-state index in [4.69, 9.17) is 4.42 Å². The summed E-state index contributed by atoms with van der Waals surface area (Å²) in [5.41, 5.74) is 2.32. The van der Waals surface area contributed by atoms with Crippen LogP contribution in [0.15, 0.2) is 52.9 Å². The number of halogens is 1. The number of carbonyl (C=O) groups is 1. The van der Waals surface area contributed by atoms with E-state index in [1.807, 2.05) is 23.3 Å². The van der Waals surface area contributed by atoms with Crippen LogP contribution in [0.5, 0.6) is 0 Å². The van der Waals surface area contributed by atoms with Crippen molar-refractivity contribution in [3.05, 3.63) is 71.1 Å². The smallest absolute Gasteiger partial charge is 0.254 e. The number of aromatic nitrogens is 3. The van der Waals surface area contributed by atoms with Crippen molar-refractivity contribution in [1.82, 2.24) is 25.2 Å². The summed E-state index contributed by atoms with van der Waals surface area (Å²) in [5.74, 6) is -0.298. The van der Waals surface area contributed by atoms with Crippen molar-refractivity contribution in [3.63, 3.8) is 0 Å². The Morgan fingerprint density at radius 2 is 2.18 bits per heavy atom. The second-order valence-electron chi connectivity index (χ2n) is 7.88. The maximum absolute atomic E-state index is 13.5. The molecule has 11 heteroatoms. The predicted molar refractivity (Wildman–Crippen MR) is 120 cm³/mol. The van der Waals surface area contributed by atoms with Crippen molar-refractivity contribution in [2.75, 3.05) is 18.4 Å². The zero-order valence-electron chi connectivity index (χ0n) is 17.6. The highest BCUT2D eigenvalue weighted by atomic mass is 32.1. The van der Waals surface area contributed by atoms with Crippen LogP contribution >= 0.6 is 11.3 Å². The molecule has 170 valence electrons. The summed E-state index contributed by atoms with van der Waals surface area (Å²) in [6.07, 6.45) is 4.62. The molecule has 1 saturated heterocycles. The van der Waals surface area contributed by atoms with Crippen LogP contribution in [-0.2, 0) is 0 Å². The number of pyridine rings is 1. The SMILES string of the molecule is CC(Nc1nc(C(O)N2CC(NC(=O)c3ccoc3)C2)c2sccc2n1)c1cncc(F)c1. The Morgan fingerprint density at radius 3 is 2.94 bits per heavy atom. The number of furan rings is 1. The third kappa shape index (κ3) is 4.42. The second-order valence-corrected chi connectivity index (χ2v) is 8.80. The standard InChI is InChI=1S/C22H21FN6O3S/c1-12(14-6-15(23)8-24-7-14)25-22-27-17-3-5-33-19(17)18(28-22)21(31)29-9-16(10-29)26-20(30)13-2-4-32-11-13/h2-8,11-12,16,21,31H,9-10H2,1H3,(H,26,30)(H,25,27,28). The van der Waals surface area contributed by atoms with Crippen LogP contribution in [0, 0.1) is 5.82 Å². The second kappa shape index (κ2) is 8.85. The van der Waals surface area contributed by atoms with Gasteiger partial charge in [0.05, 0.1) is 40.3 Å². The van der Waals surface area contributed by atoms with E-state index in [1.165, 1.54) is 29.9 Å². The lowest BCUT2D eigenvalue weighted by molar-refractivity contribution is -0.0536. The van der Waals surface area contributed by atoms with Gasteiger partial charge in [0.15, 0.2) is 6.23 Å². The van der Waals surface area contributed by atoms with Crippen molar-refractivity contribution in [1.29, 1.82) is 0 Å². The molecule has 0 radical (unpaired) electrons. The molecule has 9 nitrogen and oxygen atoms in total. The van der Waals surface area contributed by atoms with Gasteiger partial charge < -0.3 is 20.2 Å². The van der Waals surface area contributed by atoms with Gasteiger partial charge in [-0.2, -0.15) is 0 Å². The third-order valence-corrected chi connectivity index (χ3v) is 6.45. The fraction of sp³-hybridized carbons (Fsp3) is 0.273. The lowest BCUT2D eigenvalue weighted by atomic mass is 10.1. The Balaban J connectivity index is 1.30. The average Bonchev–Trinajstić information content (AvgIpc) is 3.47. The molecule has 5 heterocycles. The molecule has 1 aliphatic heterocycles. The van der Waals surface area contributed by atoms with E-state index in [0.29, 0.717) is 41.4 Å². The van der Waals surface area contributed by atoms with E-state index >= 15 is 0 Å². The number of aliphatic hydroxyl groups excluding tert-OH is 1. The van der Waals surface area contributed by atoms with Gasteiger partial charge in [-0.3, -0.25) is 14.7 Å². The van der Waals surface area contributed by atoms with Crippen molar-refractivity contribution < 1.29 is 18.7 Å². The lowest BCUT2D eigenvalue weighted by Gasteiger charge is -2.42. The number of amides is 1. The van der Waals surface area contributed by atoms with Crippen LogP contribution in [0.4, 0.5) is 10.3 Å². The first-order valence-corrected chi connectivity index (χ1v) is 11.2. The van der Waals surface area contributed by atoms with E-state index in [0.717, 1.165) is 10.9 Å². The van der Waals surface area contributed by atoms with Gasteiger partial charge in [0.1, 0.15) is 17.8 Å². The van der Waals surface area contributed by atoms with Gasteiger partial charge in [0.2, 0.25) is 5.95 Å². The van der Waals surface area contributed by atoms with Gasteiger partial charge in [-0.15, -0.1) is 11.3 Å². The molecule has 0 aliphatic carbocycles. The first-order chi connectivity index (χ1) is 16.0. The number of nitrogens with zero attached hydrogens (tertiary/aromatic N) is 4. The van der Waals surface area contributed by atoms with Gasteiger partial charge in [-0.05, 0) is 36.1 Å². The molecule has 0 spiro atoms. The number of carbonyl (C=O) groups excluding carboxylic acids is 1. The summed E-state index contributed by atoms with van der Waals surface area (Å²) < 4.78 is 19.3. The zero-order chi connectivity index (χ0) is 22.9.